The van der Waals surface area contributed by atoms with Crippen LogP contribution in [0.15, 0.2) is 97.1 Å². The number of hydrogen-bond donors (Lipinski definition) is 3. The SMILES string of the molecule is CC(=O)Nc1cccc(OCCC(c2ccc(OC(=O)N(C)C)cc2)N(C)C(=O)O)c1.CN(C)C(=O)Oc1ccc(C(CCOc2cccc(N)c2)N(C)C(=O)OC(C)(C)C)cc1. The van der Waals surface area contributed by atoms with E-state index in [1.165, 1.54) is 28.7 Å². The van der Waals surface area contributed by atoms with Crippen LogP contribution in [0.5, 0.6) is 23.0 Å². The zero-order valence-electron chi connectivity index (χ0n) is 37.6. The molecule has 0 saturated heterocycles. The van der Waals surface area contributed by atoms with Gasteiger partial charge < -0.3 is 59.4 Å². The highest BCUT2D eigenvalue weighted by atomic mass is 16.6. The van der Waals surface area contributed by atoms with Gasteiger partial charge in [-0.25, -0.2) is 19.2 Å². The van der Waals surface area contributed by atoms with Crippen LogP contribution >= 0.6 is 0 Å². The number of nitrogens with two attached hydrogens (primary N) is 1. The van der Waals surface area contributed by atoms with Gasteiger partial charge in [-0.15, -0.1) is 0 Å². The Kier molecular flexibility index (Phi) is 18.9. The predicted octanol–water partition coefficient (Wildman–Crippen LogP) is 8.53. The lowest BCUT2D eigenvalue weighted by molar-refractivity contribution is -0.114. The summed E-state index contributed by atoms with van der Waals surface area (Å²) in [5.74, 6) is 1.83. The zero-order chi connectivity index (χ0) is 46.9. The maximum absolute atomic E-state index is 12.7. The van der Waals surface area contributed by atoms with Crippen LogP contribution < -0.4 is 30.0 Å². The normalized spacial score (nSPS) is 11.6. The molecule has 4 rings (SSSR count). The molecule has 0 aliphatic carbocycles. The van der Waals surface area contributed by atoms with Crippen LogP contribution in [0.25, 0.3) is 0 Å². The lowest BCUT2D eigenvalue weighted by atomic mass is 10.0. The molecule has 63 heavy (non-hydrogen) atoms. The third-order valence-electron chi connectivity index (χ3n) is 8.92. The first kappa shape index (κ1) is 50.2. The topological polar surface area (TPSA) is 203 Å². The second-order valence-electron chi connectivity index (χ2n) is 15.7. The van der Waals surface area contributed by atoms with Crippen molar-refractivity contribution in [2.24, 2.45) is 0 Å². The Morgan fingerprint density at radius 2 is 1.06 bits per heavy atom. The molecule has 0 fully saturated rings. The average Bonchev–Trinajstić information content (AvgIpc) is 3.21. The van der Waals surface area contributed by atoms with Gasteiger partial charge in [-0.1, -0.05) is 36.4 Å². The van der Waals surface area contributed by atoms with Crippen LogP contribution in [-0.2, 0) is 9.53 Å². The number of nitrogen functional groups attached to an aromatic ring is 1. The van der Waals surface area contributed by atoms with Gasteiger partial charge in [0.1, 0.15) is 28.6 Å². The molecule has 0 bridgehead atoms. The van der Waals surface area contributed by atoms with Gasteiger partial charge in [-0.2, -0.15) is 0 Å². The van der Waals surface area contributed by atoms with Gasteiger partial charge in [0.15, 0.2) is 0 Å². The van der Waals surface area contributed by atoms with Gasteiger partial charge in [0.2, 0.25) is 5.91 Å². The molecule has 2 atom stereocenters. The zero-order valence-corrected chi connectivity index (χ0v) is 37.6. The Hall–Kier alpha value is -7.17. The van der Waals surface area contributed by atoms with Crippen molar-refractivity contribution < 1.29 is 52.8 Å². The molecule has 0 heterocycles. The first-order chi connectivity index (χ1) is 29.6. The summed E-state index contributed by atoms with van der Waals surface area (Å²) in [5, 5.41) is 12.1. The van der Waals surface area contributed by atoms with Crippen molar-refractivity contribution in [1.29, 1.82) is 0 Å². The molecular weight excluding hydrogens is 813 g/mol. The molecule has 0 spiro atoms. The second-order valence-corrected chi connectivity index (χ2v) is 15.7. The summed E-state index contributed by atoms with van der Waals surface area (Å²) in [4.78, 5) is 64.3. The molecule has 17 nitrogen and oxygen atoms in total. The molecule has 4 N–H and O–H groups in total. The lowest BCUT2D eigenvalue weighted by Crippen LogP contribution is -2.37. The van der Waals surface area contributed by atoms with Crippen LogP contribution in [0.2, 0.25) is 0 Å². The fraction of sp³-hybridized carbons (Fsp3) is 0.370. The van der Waals surface area contributed by atoms with Crippen molar-refractivity contribution in [3.8, 4) is 23.0 Å². The maximum atomic E-state index is 12.7. The molecular formula is C46H60N6O11. The van der Waals surface area contributed by atoms with Gasteiger partial charge in [0.25, 0.3) is 0 Å². The van der Waals surface area contributed by atoms with Crippen LogP contribution in [0.4, 0.5) is 30.6 Å². The molecule has 0 aliphatic rings. The van der Waals surface area contributed by atoms with Gasteiger partial charge >= 0.3 is 24.4 Å². The largest absolute Gasteiger partial charge is 0.493 e. The Bertz CT molecular complexity index is 2120. The Morgan fingerprint density at radius 3 is 1.48 bits per heavy atom. The Morgan fingerprint density at radius 1 is 0.619 bits per heavy atom. The first-order valence-electron chi connectivity index (χ1n) is 20.0. The fourth-order valence-electron chi connectivity index (χ4n) is 5.71. The maximum Gasteiger partial charge on any atom is 0.414 e. The van der Waals surface area contributed by atoms with Gasteiger partial charge in [-0.3, -0.25) is 4.79 Å². The van der Waals surface area contributed by atoms with Crippen molar-refractivity contribution in [1.82, 2.24) is 19.6 Å². The van der Waals surface area contributed by atoms with E-state index < -0.39 is 36.0 Å². The van der Waals surface area contributed by atoms with E-state index in [1.54, 1.807) is 113 Å². The molecule has 0 saturated carbocycles. The van der Waals surface area contributed by atoms with E-state index in [0.717, 1.165) is 11.1 Å². The number of nitrogens with zero attached hydrogens (tertiary/aromatic N) is 4. The molecule has 0 aromatic heterocycles. The molecule has 2 unspecified atom stereocenters. The molecule has 0 aliphatic heterocycles. The quantitative estimate of drug-likeness (QED) is 0.0963. The summed E-state index contributed by atoms with van der Waals surface area (Å²) in [6.45, 7) is 7.51. The third-order valence-corrected chi connectivity index (χ3v) is 8.92. The van der Waals surface area contributed by atoms with Gasteiger partial charge in [-0.05, 0) is 80.4 Å². The number of carbonyl (C=O) groups excluding carboxylic acids is 4. The summed E-state index contributed by atoms with van der Waals surface area (Å²) >= 11 is 0. The average molecular weight is 873 g/mol. The molecule has 0 radical (unpaired) electrons. The smallest absolute Gasteiger partial charge is 0.414 e. The van der Waals surface area contributed by atoms with E-state index in [0.29, 0.717) is 53.8 Å². The molecule has 4 aromatic carbocycles. The summed E-state index contributed by atoms with van der Waals surface area (Å²) in [5.41, 5.74) is 8.03. The Balaban J connectivity index is 0.000000335. The van der Waals surface area contributed by atoms with E-state index >= 15 is 0 Å². The third kappa shape index (κ3) is 17.4. The van der Waals surface area contributed by atoms with Gasteiger partial charge in [0, 0.05) is 85.6 Å². The van der Waals surface area contributed by atoms with Crippen molar-refractivity contribution in [3.05, 3.63) is 108 Å². The summed E-state index contributed by atoms with van der Waals surface area (Å²) in [6.07, 6.45) is -1.56. The number of rotatable bonds is 15. The standard InChI is InChI=1S/C24H33N3O5.C22H27N3O6/c1-24(2,3)32-23(29)27(6)21(14-15-30-20-9-7-8-18(25)16-20)17-10-12-19(13-11-17)31-22(28)26(4)5;1-15(26)23-17-6-5-7-19(14-17)30-13-12-20(25(4)21(27)28)16-8-10-18(11-9-16)31-22(29)24(2)3/h7-13,16,21H,14-15,25H2,1-6H3;5-11,14,20H,12-13H2,1-4H3,(H,23,26)(H,27,28). The van der Waals surface area contributed by atoms with Crippen molar-refractivity contribution in [3.63, 3.8) is 0 Å². The van der Waals surface area contributed by atoms with E-state index in [2.05, 4.69) is 5.32 Å². The number of nitrogens with one attached hydrogen (secondary N) is 1. The number of anilines is 2. The van der Waals surface area contributed by atoms with Crippen molar-refractivity contribution in [2.45, 2.75) is 58.2 Å². The predicted molar refractivity (Wildman–Crippen MR) is 239 cm³/mol. The van der Waals surface area contributed by atoms with Crippen LogP contribution in [0, 0.1) is 0 Å². The summed E-state index contributed by atoms with van der Waals surface area (Å²) in [7, 11) is 9.58. The number of carboxylic acid groups (broad SMARTS) is 1. The number of ether oxygens (including phenoxy) is 5. The highest BCUT2D eigenvalue weighted by Gasteiger charge is 2.27. The van der Waals surface area contributed by atoms with E-state index in [-0.39, 0.29) is 18.6 Å². The van der Waals surface area contributed by atoms with Crippen LogP contribution in [0.1, 0.15) is 63.7 Å². The van der Waals surface area contributed by atoms with Crippen molar-refractivity contribution >= 4 is 41.7 Å². The van der Waals surface area contributed by atoms with Crippen LogP contribution in [0.3, 0.4) is 0 Å². The highest BCUT2D eigenvalue weighted by molar-refractivity contribution is 5.88. The second kappa shape index (κ2) is 23.7. The number of carbonyl (C=O) groups is 5. The minimum Gasteiger partial charge on any atom is -0.493 e. The number of hydrogen-bond acceptors (Lipinski definition) is 11. The van der Waals surface area contributed by atoms with Crippen molar-refractivity contribution in [2.75, 3.05) is 66.6 Å². The fourth-order valence-corrected chi connectivity index (χ4v) is 5.71. The molecule has 4 aromatic rings. The monoisotopic (exact) mass is 872 g/mol. The lowest BCUT2D eigenvalue weighted by Gasteiger charge is -2.31. The highest BCUT2D eigenvalue weighted by Crippen LogP contribution is 2.29. The minimum atomic E-state index is -1.07. The Labute approximate surface area is 369 Å². The minimum absolute atomic E-state index is 0.181. The molecule has 17 heteroatoms. The van der Waals surface area contributed by atoms with E-state index in [9.17, 15) is 29.1 Å². The van der Waals surface area contributed by atoms with Gasteiger partial charge in [0.05, 0.1) is 25.3 Å². The molecule has 340 valence electrons. The van der Waals surface area contributed by atoms with Crippen LogP contribution in [-0.4, -0.2) is 116 Å². The first-order valence-corrected chi connectivity index (χ1v) is 20.0. The molecule has 5 amide bonds. The number of benzene rings is 4. The van der Waals surface area contributed by atoms with E-state index in [1.807, 2.05) is 45.0 Å². The summed E-state index contributed by atoms with van der Waals surface area (Å²) < 4.78 is 27.6. The summed E-state index contributed by atoms with van der Waals surface area (Å²) in [6, 6.07) is 27.1. The van der Waals surface area contributed by atoms with E-state index in [4.69, 9.17) is 29.4 Å². The number of amides is 5.